The van der Waals surface area contributed by atoms with Gasteiger partial charge in [-0.3, -0.25) is 14.7 Å². The highest BCUT2D eigenvalue weighted by molar-refractivity contribution is 6.45. The molecule has 2 aromatic heterocycles. The van der Waals surface area contributed by atoms with Crippen LogP contribution in [0.3, 0.4) is 0 Å². The summed E-state index contributed by atoms with van der Waals surface area (Å²) in [5.41, 5.74) is 2.13. The van der Waals surface area contributed by atoms with E-state index in [9.17, 15) is 0 Å². The first kappa shape index (κ1) is 14.8. The Kier molecular flexibility index (Phi) is 3.31. The van der Waals surface area contributed by atoms with Gasteiger partial charge in [-0.05, 0) is 23.6 Å². The molecule has 0 aliphatic carbocycles. The van der Waals surface area contributed by atoms with Gasteiger partial charge in [0.2, 0.25) is 0 Å². The Labute approximate surface area is 150 Å². The topological polar surface area (TPSA) is 70.7 Å². The minimum Gasteiger partial charge on any atom is -0.337 e. The summed E-state index contributed by atoms with van der Waals surface area (Å²) in [4.78, 5) is 15.5. The Morgan fingerprint density at radius 2 is 2.12 bits per heavy atom. The fourth-order valence-electron chi connectivity index (χ4n) is 3.36. The molecule has 0 spiro atoms. The van der Waals surface area contributed by atoms with Crippen LogP contribution in [-0.4, -0.2) is 37.9 Å². The highest BCUT2D eigenvalue weighted by atomic mass is 15.3. The van der Waals surface area contributed by atoms with Crippen LogP contribution in [0.4, 0.5) is 5.69 Å². The van der Waals surface area contributed by atoms with Crippen molar-refractivity contribution in [1.82, 2.24) is 19.7 Å². The third kappa shape index (κ3) is 2.45. The Morgan fingerprint density at radius 3 is 3.00 bits per heavy atom. The number of nitrogens with one attached hydrogen (secondary N) is 1. The highest BCUT2D eigenvalue weighted by Crippen LogP contribution is 2.29. The lowest BCUT2D eigenvalue weighted by atomic mass is 10.1. The highest BCUT2D eigenvalue weighted by Gasteiger charge is 2.32. The lowest BCUT2D eigenvalue weighted by Crippen LogP contribution is -2.37. The molecular formula is C19H17N7. The minimum atomic E-state index is 0.157. The third-order valence-corrected chi connectivity index (χ3v) is 4.65. The quantitative estimate of drug-likeness (QED) is 0.777. The van der Waals surface area contributed by atoms with E-state index in [1.807, 2.05) is 48.7 Å². The normalized spacial score (nSPS) is 18.7. The molecule has 2 aliphatic rings. The van der Waals surface area contributed by atoms with Gasteiger partial charge in [-0.2, -0.15) is 5.10 Å². The number of fused-ring (bicyclic) bond motifs is 2. The minimum absolute atomic E-state index is 0.157. The van der Waals surface area contributed by atoms with Crippen LogP contribution in [0.2, 0.25) is 0 Å². The number of nitrogens with zero attached hydrogens (tertiary/aromatic N) is 6. The largest absolute Gasteiger partial charge is 0.337 e. The van der Waals surface area contributed by atoms with Crippen molar-refractivity contribution in [2.24, 2.45) is 17.0 Å². The molecule has 0 amide bonds. The van der Waals surface area contributed by atoms with Gasteiger partial charge in [0.05, 0.1) is 18.8 Å². The zero-order valence-corrected chi connectivity index (χ0v) is 14.2. The van der Waals surface area contributed by atoms with Crippen LogP contribution >= 0.6 is 0 Å². The van der Waals surface area contributed by atoms with Crippen molar-refractivity contribution in [3.8, 4) is 0 Å². The van der Waals surface area contributed by atoms with Crippen molar-refractivity contribution < 1.29 is 0 Å². The summed E-state index contributed by atoms with van der Waals surface area (Å²) >= 11 is 0. The first-order valence-corrected chi connectivity index (χ1v) is 8.45. The molecule has 4 heterocycles. The summed E-state index contributed by atoms with van der Waals surface area (Å²) in [6, 6.07) is 8.34. The standard InChI is InChI=1S/C19H17N7/c1-25-12-15(10-23-25)17-11-22-19-18(21-6-7-26(17)19)24-16-3-2-14-9-20-5-4-13(14)8-16/h2-10,12,17H,11H2,1H3,(H,21,24). The fourth-order valence-corrected chi connectivity index (χ4v) is 3.36. The number of rotatable bonds is 2. The molecule has 1 N–H and O–H groups in total. The van der Waals surface area contributed by atoms with E-state index >= 15 is 0 Å². The molecule has 1 aromatic carbocycles. The summed E-state index contributed by atoms with van der Waals surface area (Å²) < 4.78 is 1.82. The lowest BCUT2D eigenvalue weighted by Gasteiger charge is -2.26. The van der Waals surface area contributed by atoms with E-state index in [4.69, 9.17) is 4.99 Å². The summed E-state index contributed by atoms with van der Waals surface area (Å²) in [5.74, 6) is 1.61. The Hall–Kier alpha value is -3.48. The molecule has 1 atom stereocenters. The summed E-state index contributed by atoms with van der Waals surface area (Å²) in [6.07, 6.45) is 11.4. The monoisotopic (exact) mass is 343 g/mol. The van der Waals surface area contributed by atoms with Crippen LogP contribution in [-0.2, 0) is 7.05 Å². The molecule has 0 fully saturated rings. The van der Waals surface area contributed by atoms with Gasteiger partial charge in [-0.25, -0.2) is 4.99 Å². The van der Waals surface area contributed by atoms with Gasteiger partial charge in [0.1, 0.15) is 0 Å². The van der Waals surface area contributed by atoms with Gasteiger partial charge in [0, 0.05) is 54.7 Å². The Morgan fingerprint density at radius 1 is 1.15 bits per heavy atom. The number of aliphatic imine (C=N–C) groups is 2. The van der Waals surface area contributed by atoms with Gasteiger partial charge >= 0.3 is 0 Å². The predicted molar refractivity (Wildman–Crippen MR) is 102 cm³/mol. The van der Waals surface area contributed by atoms with E-state index < -0.39 is 0 Å². The first-order valence-electron chi connectivity index (χ1n) is 8.45. The number of amidine groups is 2. The first-order chi connectivity index (χ1) is 12.8. The molecule has 2 aliphatic heterocycles. The number of hydrogen-bond acceptors (Lipinski definition) is 6. The van der Waals surface area contributed by atoms with E-state index in [0.29, 0.717) is 6.54 Å². The molecule has 0 bridgehead atoms. The van der Waals surface area contributed by atoms with Crippen molar-refractivity contribution in [2.45, 2.75) is 6.04 Å². The van der Waals surface area contributed by atoms with E-state index in [0.717, 1.165) is 33.7 Å². The van der Waals surface area contributed by atoms with Crippen LogP contribution in [0.25, 0.3) is 10.8 Å². The SMILES string of the molecule is Cn1cc(C2CN=C3C(Nc4ccc5cnccc5c4)=NC=CN32)cn1. The van der Waals surface area contributed by atoms with E-state index in [-0.39, 0.29) is 6.04 Å². The Balaban J connectivity index is 1.41. The molecule has 0 saturated heterocycles. The zero-order valence-electron chi connectivity index (χ0n) is 14.2. The molecular weight excluding hydrogens is 326 g/mol. The maximum atomic E-state index is 4.72. The number of benzene rings is 1. The molecule has 7 heteroatoms. The molecule has 0 saturated carbocycles. The second-order valence-electron chi connectivity index (χ2n) is 6.37. The van der Waals surface area contributed by atoms with Crippen molar-refractivity contribution >= 4 is 28.1 Å². The molecule has 26 heavy (non-hydrogen) atoms. The fraction of sp³-hybridized carbons (Fsp3) is 0.158. The number of aromatic nitrogens is 3. The predicted octanol–water partition coefficient (Wildman–Crippen LogP) is 2.72. The second-order valence-corrected chi connectivity index (χ2v) is 6.37. The number of hydrogen-bond donors (Lipinski definition) is 1. The summed E-state index contributed by atoms with van der Waals surface area (Å²) in [5, 5.41) is 9.93. The average Bonchev–Trinajstić information content (AvgIpc) is 3.28. The van der Waals surface area contributed by atoms with Crippen LogP contribution in [0.15, 0.2) is 71.4 Å². The van der Waals surface area contributed by atoms with E-state index in [1.54, 1.807) is 12.4 Å². The summed E-state index contributed by atoms with van der Waals surface area (Å²) in [6.45, 7) is 0.690. The van der Waals surface area contributed by atoms with E-state index in [1.165, 1.54) is 0 Å². The van der Waals surface area contributed by atoms with Gasteiger partial charge in [-0.15, -0.1) is 0 Å². The van der Waals surface area contributed by atoms with Crippen LogP contribution in [0.5, 0.6) is 0 Å². The van der Waals surface area contributed by atoms with E-state index in [2.05, 4.69) is 37.4 Å². The average molecular weight is 343 g/mol. The van der Waals surface area contributed by atoms with Crippen LogP contribution in [0.1, 0.15) is 11.6 Å². The second kappa shape index (κ2) is 5.80. The number of pyridine rings is 1. The molecule has 0 radical (unpaired) electrons. The third-order valence-electron chi connectivity index (χ3n) is 4.65. The van der Waals surface area contributed by atoms with Crippen LogP contribution in [0, 0.1) is 0 Å². The van der Waals surface area contributed by atoms with Crippen molar-refractivity contribution in [3.05, 3.63) is 67.0 Å². The van der Waals surface area contributed by atoms with Crippen molar-refractivity contribution in [3.63, 3.8) is 0 Å². The van der Waals surface area contributed by atoms with Gasteiger partial charge in [0.25, 0.3) is 0 Å². The van der Waals surface area contributed by atoms with Gasteiger partial charge < -0.3 is 10.2 Å². The molecule has 7 nitrogen and oxygen atoms in total. The van der Waals surface area contributed by atoms with Crippen LogP contribution < -0.4 is 5.32 Å². The molecule has 1 unspecified atom stereocenters. The van der Waals surface area contributed by atoms with Crippen molar-refractivity contribution in [1.29, 1.82) is 0 Å². The number of aryl methyl sites for hydroxylation is 1. The smallest absolute Gasteiger partial charge is 0.173 e. The summed E-state index contributed by atoms with van der Waals surface area (Å²) in [7, 11) is 1.93. The maximum absolute atomic E-state index is 4.72. The lowest BCUT2D eigenvalue weighted by molar-refractivity contribution is 0.458. The molecule has 5 rings (SSSR count). The van der Waals surface area contributed by atoms with Gasteiger partial charge in [0.15, 0.2) is 11.7 Å². The molecule has 128 valence electrons. The maximum Gasteiger partial charge on any atom is 0.173 e. The Bertz CT molecular complexity index is 1080. The van der Waals surface area contributed by atoms with Gasteiger partial charge in [-0.1, -0.05) is 6.07 Å². The van der Waals surface area contributed by atoms with Crippen molar-refractivity contribution in [2.75, 3.05) is 11.9 Å². The number of anilines is 1. The molecule has 3 aromatic rings. The zero-order chi connectivity index (χ0) is 17.5.